The number of rotatable bonds is 3. The van der Waals surface area contributed by atoms with Crippen molar-refractivity contribution in [1.29, 1.82) is 0 Å². The molecule has 0 atom stereocenters. The second-order valence-corrected chi connectivity index (χ2v) is 6.06. The van der Waals surface area contributed by atoms with E-state index in [-0.39, 0.29) is 5.91 Å². The molecule has 22 heavy (non-hydrogen) atoms. The van der Waals surface area contributed by atoms with Gasteiger partial charge in [0.2, 0.25) is 5.84 Å². The minimum absolute atomic E-state index is 0.121. The van der Waals surface area contributed by atoms with Crippen LogP contribution in [0.2, 0.25) is 0 Å². The fraction of sp³-hybridized carbons (Fsp3) is 0.176. The molecule has 0 aliphatic heterocycles. The van der Waals surface area contributed by atoms with Gasteiger partial charge >= 0.3 is 0 Å². The minimum Gasteiger partial charge on any atom is -0.322 e. The summed E-state index contributed by atoms with van der Waals surface area (Å²) < 4.78 is 2.95. The molecular weight excluding hydrogens is 342 g/mol. The molecule has 0 spiro atoms. The summed E-state index contributed by atoms with van der Waals surface area (Å²) in [6.07, 6.45) is 0. The first kappa shape index (κ1) is 16.2. The van der Waals surface area contributed by atoms with Crippen LogP contribution >= 0.6 is 15.9 Å². The first-order valence-electron chi connectivity index (χ1n) is 6.90. The maximum absolute atomic E-state index is 12.1. The smallest absolute Gasteiger partial charge is 0.255 e. The van der Waals surface area contributed by atoms with Crippen LogP contribution in [0.1, 0.15) is 17.3 Å². The molecule has 114 valence electrons. The van der Waals surface area contributed by atoms with Crippen LogP contribution in [0.3, 0.4) is 0 Å². The van der Waals surface area contributed by atoms with Gasteiger partial charge in [-0.15, -0.1) is 0 Å². The van der Waals surface area contributed by atoms with E-state index < -0.39 is 0 Å². The van der Waals surface area contributed by atoms with Crippen LogP contribution in [0.25, 0.3) is 0 Å². The lowest BCUT2D eigenvalue weighted by molar-refractivity contribution is -0.464. The molecule has 0 saturated heterocycles. The molecule has 5 heteroatoms. The number of anilines is 2. The van der Waals surface area contributed by atoms with E-state index >= 15 is 0 Å². The lowest BCUT2D eigenvalue weighted by atomic mass is 10.2. The lowest BCUT2D eigenvalue weighted by Gasteiger charge is -2.06. The first-order valence-corrected chi connectivity index (χ1v) is 7.70. The van der Waals surface area contributed by atoms with Gasteiger partial charge < -0.3 is 5.32 Å². The van der Waals surface area contributed by atoms with Gasteiger partial charge in [-0.3, -0.25) is 9.37 Å². The van der Waals surface area contributed by atoms with Crippen molar-refractivity contribution in [3.63, 3.8) is 0 Å². The molecule has 0 unspecified atom stereocenters. The average Bonchev–Trinajstić information content (AvgIpc) is 2.49. The first-order chi connectivity index (χ1) is 10.5. The second-order valence-electron chi connectivity index (χ2n) is 5.14. The number of halogens is 1. The van der Waals surface area contributed by atoms with Crippen molar-refractivity contribution in [3.05, 3.63) is 58.6 Å². The number of carbonyl (C=O) groups is 1. The van der Waals surface area contributed by atoms with Crippen LogP contribution in [0, 0.1) is 0 Å². The highest BCUT2D eigenvalue weighted by molar-refractivity contribution is 9.10. The zero-order valence-electron chi connectivity index (χ0n) is 12.9. The van der Waals surface area contributed by atoms with E-state index in [1.54, 1.807) is 12.1 Å². The summed E-state index contributed by atoms with van der Waals surface area (Å²) in [7, 11) is 3.96. The summed E-state index contributed by atoms with van der Waals surface area (Å²) in [5.41, 5.74) is 2.37. The molecule has 1 amide bonds. The molecule has 4 nitrogen and oxygen atoms in total. The molecule has 2 N–H and O–H groups in total. The Morgan fingerprint density at radius 3 is 1.91 bits per heavy atom. The summed E-state index contributed by atoms with van der Waals surface area (Å²) in [6, 6.07) is 14.9. The number of hydrogen-bond donors (Lipinski definition) is 2. The Hall–Kier alpha value is -2.14. The Bertz CT molecular complexity index is 687. The summed E-state index contributed by atoms with van der Waals surface area (Å²) in [5.74, 6) is 0.927. The molecular formula is C17H19BrN3O+. The zero-order valence-corrected chi connectivity index (χ0v) is 14.4. The van der Waals surface area contributed by atoms with Crippen molar-refractivity contribution < 1.29 is 9.37 Å². The van der Waals surface area contributed by atoms with E-state index in [4.69, 9.17) is 0 Å². The Balaban J connectivity index is 2.03. The molecule has 0 aromatic heterocycles. The normalized spacial score (nSPS) is 10.0. The number of nitrogens with one attached hydrogen (secondary N) is 2. The zero-order chi connectivity index (χ0) is 16.1. The van der Waals surface area contributed by atoms with Crippen molar-refractivity contribution in [2.45, 2.75) is 6.92 Å². The van der Waals surface area contributed by atoms with E-state index in [0.29, 0.717) is 5.56 Å². The second kappa shape index (κ2) is 7.22. The predicted octanol–water partition coefficient (Wildman–Crippen LogP) is 3.80. The van der Waals surface area contributed by atoms with E-state index in [2.05, 4.69) is 26.6 Å². The van der Waals surface area contributed by atoms with Crippen LogP contribution in [0.4, 0.5) is 11.4 Å². The van der Waals surface area contributed by atoms with Gasteiger partial charge in [0.15, 0.2) is 0 Å². The Labute approximate surface area is 139 Å². The number of amidine groups is 1. The molecule has 0 aliphatic rings. The maximum Gasteiger partial charge on any atom is 0.255 e. The van der Waals surface area contributed by atoms with Gasteiger partial charge in [-0.2, -0.15) is 0 Å². The van der Waals surface area contributed by atoms with Gasteiger partial charge in [-0.05, 0) is 48.5 Å². The van der Waals surface area contributed by atoms with Gasteiger partial charge in [0.1, 0.15) is 5.69 Å². The number of hydrogen-bond acceptors (Lipinski definition) is 1. The number of amides is 1. The SMILES string of the molecule is CC(Nc1ccc(NC(=O)c2ccc(Br)cc2)cc1)=[N+](C)C. The van der Waals surface area contributed by atoms with Gasteiger partial charge in [-0.1, -0.05) is 15.9 Å². The van der Waals surface area contributed by atoms with Gasteiger partial charge in [-0.25, -0.2) is 5.32 Å². The Morgan fingerprint density at radius 1 is 0.909 bits per heavy atom. The van der Waals surface area contributed by atoms with Crippen molar-refractivity contribution in [2.24, 2.45) is 0 Å². The monoisotopic (exact) mass is 360 g/mol. The van der Waals surface area contributed by atoms with Crippen LogP contribution in [-0.2, 0) is 0 Å². The third kappa shape index (κ3) is 4.43. The topological polar surface area (TPSA) is 44.1 Å². The van der Waals surface area contributed by atoms with Crippen molar-refractivity contribution in [2.75, 3.05) is 24.7 Å². The Morgan fingerprint density at radius 2 is 1.41 bits per heavy atom. The summed E-state index contributed by atoms with van der Waals surface area (Å²) in [5, 5.41) is 6.17. The van der Waals surface area contributed by atoms with E-state index in [9.17, 15) is 4.79 Å². The molecule has 0 bridgehead atoms. The number of benzene rings is 2. The number of nitrogens with zero attached hydrogens (tertiary/aromatic N) is 1. The molecule has 0 aliphatic carbocycles. The highest BCUT2D eigenvalue weighted by Crippen LogP contribution is 2.16. The van der Waals surface area contributed by atoms with Crippen LogP contribution in [0.5, 0.6) is 0 Å². The Kier molecular flexibility index (Phi) is 5.33. The summed E-state index contributed by atoms with van der Waals surface area (Å²) in [4.78, 5) is 12.1. The summed E-state index contributed by atoms with van der Waals surface area (Å²) >= 11 is 3.35. The minimum atomic E-state index is -0.121. The van der Waals surface area contributed by atoms with Crippen LogP contribution in [0.15, 0.2) is 53.0 Å². The molecule has 0 heterocycles. The molecule has 0 fully saturated rings. The molecule has 2 aromatic rings. The molecule has 2 rings (SSSR count). The largest absolute Gasteiger partial charge is 0.322 e. The molecule has 2 aromatic carbocycles. The third-order valence-electron chi connectivity index (χ3n) is 3.25. The van der Waals surface area contributed by atoms with Crippen molar-refractivity contribution in [3.8, 4) is 0 Å². The van der Waals surface area contributed by atoms with Crippen molar-refractivity contribution >= 4 is 39.0 Å². The van der Waals surface area contributed by atoms with Gasteiger partial charge in [0.25, 0.3) is 5.91 Å². The van der Waals surface area contributed by atoms with Gasteiger partial charge in [0.05, 0.1) is 14.1 Å². The third-order valence-corrected chi connectivity index (χ3v) is 3.77. The quantitative estimate of drug-likeness (QED) is 0.496. The van der Waals surface area contributed by atoms with Crippen LogP contribution in [-0.4, -0.2) is 30.4 Å². The number of carbonyl (C=O) groups excluding carboxylic acids is 1. The molecule has 0 radical (unpaired) electrons. The van der Waals surface area contributed by atoms with E-state index in [0.717, 1.165) is 21.7 Å². The fourth-order valence-electron chi connectivity index (χ4n) is 1.76. The highest BCUT2D eigenvalue weighted by Gasteiger charge is 2.07. The van der Waals surface area contributed by atoms with E-state index in [1.165, 1.54) is 0 Å². The van der Waals surface area contributed by atoms with E-state index in [1.807, 2.05) is 62.0 Å². The fourth-order valence-corrected chi connectivity index (χ4v) is 2.03. The predicted molar refractivity (Wildman–Crippen MR) is 94.9 cm³/mol. The standard InChI is InChI=1S/C17H18BrN3O/c1-12(21(2)3)19-15-8-10-16(11-9-15)20-17(22)13-4-6-14(18)7-5-13/h4-11H,1-3H3,(H,20,22)/p+1. The highest BCUT2D eigenvalue weighted by atomic mass is 79.9. The maximum atomic E-state index is 12.1. The average molecular weight is 361 g/mol. The van der Waals surface area contributed by atoms with Crippen molar-refractivity contribution in [1.82, 2.24) is 0 Å². The summed E-state index contributed by atoms with van der Waals surface area (Å²) in [6.45, 7) is 2.00. The molecule has 0 saturated carbocycles. The van der Waals surface area contributed by atoms with Crippen LogP contribution < -0.4 is 10.6 Å². The lowest BCUT2D eigenvalue weighted by Crippen LogP contribution is -2.18. The van der Waals surface area contributed by atoms with Gasteiger partial charge in [0, 0.05) is 22.6 Å².